The normalized spacial score (nSPS) is 10.7. The van der Waals surface area contributed by atoms with Gasteiger partial charge in [-0.05, 0) is 42.0 Å². The van der Waals surface area contributed by atoms with Crippen LogP contribution in [0.5, 0.6) is 11.5 Å². The van der Waals surface area contributed by atoms with E-state index in [1.54, 1.807) is 24.3 Å². The molecule has 32 heavy (non-hydrogen) atoms. The van der Waals surface area contributed by atoms with Crippen LogP contribution >= 0.6 is 22.9 Å². The molecule has 2 aromatic carbocycles. The first-order valence-corrected chi connectivity index (χ1v) is 10.3. The van der Waals surface area contributed by atoms with Crippen molar-refractivity contribution in [2.24, 2.45) is 0 Å². The zero-order valence-corrected chi connectivity index (χ0v) is 19.2. The lowest BCUT2D eigenvalue weighted by Gasteiger charge is -2.14. The zero-order valence-electron chi connectivity index (χ0n) is 17.1. The number of rotatable bonds is 6. The second kappa shape index (κ2) is 13.9. The van der Waals surface area contributed by atoms with E-state index in [9.17, 15) is 9.59 Å². The quantitative estimate of drug-likeness (QED) is 0.179. The Hall–Kier alpha value is -3.32. The average molecular weight is 557 g/mol. The molecule has 0 fully saturated rings. The minimum Gasteiger partial charge on any atom is -0.508 e. The van der Waals surface area contributed by atoms with Crippen LogP contribution in [0, 0.1) is 0 Å². The lowest BCUT2D eigenvalue weighted by atomic mass is 10.1. The molecule has 0 bridgehead atoms. The maximum atomic E-state index is 11.3. The van der Waals surface area contributed by atoms with E-state index in [4.69, 9.17) is 25.2 Å². The number of phenolic OH excluding ortho intramolecular Hbond substituents is 2. The highest BCUT2D eigenvalue weighted by molar-refractivity contribution is 14.1. The van der Waals surface area contributed by atoms with Crippen molar-refractivity contribution in [2.75, 3.05) is 6.54 Å². The second-order valence-corrected chi connectivity index (χ2v) is 7.17. The molecule has 1 amide bonds. The topological polar surface area (TPSA) is 172 Å². The maximum absolute atomic E-state index is 11.3. The number of amides is 1. The molecule has 3 aromatic rings. The third-order valence-corrected chi connectivity index (χ3v) is 4.16. The molecule has 0 saturated carbocycles. The van der Waals surface area contributed by atoms with E-state index in [0.29, 0.717) is 5.75 Å². The monoisotopic (exact) mass is 557 g/mol. The number of halogens is 1. The number of hydrogen-bond donors (Lipinski definition) is 7. The summed E-state index contributed by atoms with van der Waals surface area (Å²) in [4.78, 5) is 34.4. The first-order chi connectivity index (χ1) is 15.1. The van der Waals surface area contributed by atoms with Gasteiger partial charge < -0.3 is 30.7 Å². The lowest BCUT2D eigenvalue weighted by Crippen LogP contribution is -2.44. The van der Waals surface area contributed by atoms with Crippen molar-refractivity contribution in [3.8, 4) is 11.5 Å². The maximum Gasteiger partial charge on any atom is 0.326 e. The van der Waals surface area contributed by atoms with Crippen molar-refractivity contribution in [1.29, 1.82) is 0 Å². The Balaban J connectivity index is 0.000000303. The third-order valence-electron chi connectivity index (χ3n) is 3.77. The van der Waals surface area contributed by atoms with Gasteiger partial charge in [-0.15, -0.1) is 0 Å². The molecule has 11 heteroatoms. The minimum atomic E-state index is -1.09. The molecule has 1 unspecified atom stereocenters. The highest BCUT2D eigenvalue weighted by Crippen LogP contribution is 2.17. The van der Waals surface area contributed by atoms with E-state index < -0.39 is 18.0 Å². The summed E-state index contributed by atoms with van der Waals surface area (Å²) < 4.78 is 2.62. The zero-order chi connectivity index (χ0) is 24.1. The molecule has 1 heterocycles. The van der Waals surface area contributed by atoms with Gasteiger partial charge in [-0.1, -0.05) is 12.1 Å². The standard InChI is InChI=1S/C11H13IN2O4.C8H7NO.C2H4O2/c12-13-6-10(16)14-9(11(17)18)5-7-1-3-8(15)4-2-7;10-7-1-2-8-6(5-7)3-4-9-8;1-2(3)4/h1-4,9,13,15H,5-6H2,(H,14,16)(H,17,18);1-5,9-10H;1H3,(H,3,4). The fraction of sp³-hybridized carbons (Fsp3) is 0.190. The van der Waals surface area contributed by atoms with Gasteiger partial charge in [-0.2, -0.15) is 0 Å². The molecule has 7 N–H and O–H groups in total. The van der Waals surface area contributed by atoms with Crippen molar-refractivity contribution in [1.82, 2.24) is 13.8 Å². The highest BCUT2D eigenvalue weighted by atomic mass is 127. The van der Waals surface area contributed by atoms with Crippen LogP contribution in [0.3, 0.4) is 0 Å². The molecule has 0 aliphatic heterocycles. The summed E-state index contributed by atoms with van der Waals surface area (Å²) in [7, 11) is 0. The number of benzene rings is 2. The van der Waals surface area contributed by atoms with E-state index in [0.717, 1.165) is 23.4 Å². The molecule has 172 valence electrons. The first-order valence-electron chi connectivity index (χ1n) is 9.21. The predicted molar refractivity (Wildman–Crippen MR) is 127 cm³/mol. The van der Waals surface area contributed by atoms with E-state index >= 15 is 0 Å². The van der Waals surface area contributed by atoms with E-state index in [2.05, 4.69) is 13.8 Å². The molecule has 3 rings (SSSR count). The molecule has 0 aliphatic rings. The molecular weight excluding hydrogens is 533 g/mol. The number of aromatic nitrogens is 1. The molecule has 1 aromatic heterocycles. The number of H-pyrrole nitrogens is 1. The molecule has 10 nitrogen and oxygen atoms in total. The lowest BCUT2D eigenvalue weighted by molar-refractivity contribution is -0.141. The third kappa shape index (κ3) is 10.6. The number of phenols is 2. The van der Waals surface area contributed by atoms with Crippen molar-refractivity contribution in [3.63, 3.8) is 0 Å². The van der Waals surface area contributed by atoms with Crippen LogP contribution in [0.25, 0.3) is 10.9 Å². The number of aliphatic carboxylic acids is 2. The Morgan fingerprint density at radius 3 is 2.16 bits per heavy atom. The van der Waals surface area contributed by atoms with Gasteiger partial charge in [0.2, 0.25) is 5.91 Å². The largest absolute Gasteiger partial charge is 0.508 e. The van der Waals surface area contributed by atoms with Gasteiger partial charge in [-0.25, -0.2) is 4.79 Å². The second-order valence-electron chi connectivity index (χ2n) is 6.41. The van der Waals surface area contributed by atoms with Crippen LogP contribution in [-0.2, 0) is 20.8 Å². The fourth-order valence-electron chi connectivity index (χ4n) is 2.41. The summed E-state index contributed by atoms with van der Waals surface area (Å²) in [5.74, 6) is -1.88. The van der Waals surface area contributed by atoms with Crippen LogP contribution in [0.15, 0.2) is 54.7 Å². The van der Waals surface area contributed by atoms with Gasteiger partial charge in [0.25, 0.3) is 5.97 Å². The highest BCUT2D eigenvalue weighted by Gasteiger charge is 2.19. The summed E-state index contributed by atoms with van der Waals surface area (Å²) >= 11 is 1.81. The van der Waals surface area contributed by atoms with Crippen molar-refractivity contribution >= 4 is 51.6 Å². The van der Waals surface area contributed by atoms with Gasteiger partial charge in [0, 0.05) is 53.3 Å². The Morgan fingerprint density at radius 1 is 1.00 bits per heavy atom. The van der Waals surface area contributed by atoms with Crippen LogP contribution < -0.4 is 8.85 Å². The SMILES string of the molecule is CC(=O)O.O=C(CNI)NC(Cc1ccc(O)cc1)C(=O)O.Oc1ccc2[nH]ccc2c1. The molecule has 0 spiro atoms. The summed E-state index contributed by atoms with van der Waals surface area (Å²) in [5, 5.41) is 38.0. The molecular formula is C21H24IN3O7. The number of hydrogen-bond acceptors (Lipinski definition) is 6. The number of fused-ring (bicyclic) bond motifs is 1. The Labute approximate surface area is 197 Å². The Morgan fingerprint density at radius 2 is 1.59 bits per heavy atom. The van der Waals surface area contributed by atoms with Gasteiger partial charge >= 0.3 is 5.97 Å². The molecule has 0 aliphatic carbocycles. The fourth-order valence-corrected chi connectivity index (χ4v) is 2.76. The van der Waals surface area contributed by atoms with Gasteiger partial charge in [0.1, 0.15) is 17.5 Å². The number of carboxylic acid groups (broad SMARTS) is 2. The molecule has 0 saturated heterocycles. The number of carboxylic acids is 2. The smallest absolute Gasteiger partial charge is 0.326 e. The summed E-state index contributed by atoms with van der Waals surface area (Å²) in [6.07, 6.45) is 2.02. The number of aromatic amines is 1. The van der Waals surface area contributed by atoms with E-state index in [-0.39, 0.29) is 24.6 Å². The summed E-state index contributed by atoms with van der Waals surface area (Å²) in [6, 6.07) is 12.4. The van der Waals surface area contributed by atoms with Crippen molar-refractivity contribution in [3.05, 3.63) is 60.3 Å². The van der Waals surface area contributed by atoms with Gasteiger partial charge in [0.05, 0.1) is 6.54 Å². The number of nitrogens with one attached hydrogen (secondary N) is 3. The van der Waals surface area contributed by atoms with E-state index in [1.807, 2.05) is 41.2 Å². The van der Waals surface area contributed by atoms with Crippen LogP contribution in [-0.4, -0.2) is 55.8 Å². The van der Waals surface area contributed by atoms with Crippen LogP contribution in [0.1, 0.15) is 12.5 Å². The average Bonchev–Trinajstić information content (AvgIpc) is 3.17. The number of aromatic hydroxyl groups is 2. The minimum absolute atomic E-state index is 0.0555. The summed E-state index contributed by atoms with van der Waals surface area (Å²) in [5.41, 5.74) is 1.78. The van der Waals surface area contributed by atoms with Crippen LogP contribution in [0.2, 0.25) is 0 Å². The van der Waals surface area contributed by atoms with Crippen LogP contribution in [0.4, 0.5) is 0 Å². The molecule has 0 radical (unpaired) electrons. The predicted octanol–water partition coefficient (Wildman–Crippen LogP) is 2.41. The Bertz CT molecular complexity index is 1020. The van der Waals surface area contributed by atoms with Gasteiger partial charge in [0.15, 0.2) is 0 Å². The van der Waals surface area contributed by atoms with Crippen molar-refractivity contribution in [2.45, 2.75) is 19.4 Å². The van der Waals surface area contributed by atoms with Gasteiger partial charge in [-0.3, -0.25) is 13.1 Å². The number of carbonyl (C=O) groups is 3. The summed E-state index contributed by atoms with van der Waals surface area (Å²) in [6.45, 7) is 1.14. The van der Waals surface area contributed by atoms with E-state index in [1.165, 1.54) is 12.1 Å². The molecule has 1 atom stereocenters. The first kappa shape index (κ1) is 26.7. The number of carbonyl (C=O) groups excluding carboxylic acids is 1. The van der Waals surface area contributed by atoms with Crippen molar-refractivity contribution < 1.29 is 34.8 Å². The Kier molecular flexibility index (Phi) is 11.6.